The summed E-state index contributed by atoms with van der Waals surface area (Å²) in [5, 5.41) is 3.70. The largest absolute Gasteiger partial charge is 0.512 e. The van der Waals surface area contributed by atoms with E-state index in [2.05, 4.69) is 23.2 Å². The molecule has 0 fully saturated rings. The number of benzene rings is 4. The first-order chi connectivity index (χ1) is 19.7. The minimum Gasteiger partial charge on any atom is -0.512 e. The smallest absolute Gasteiger partial charge is 0.216 e. The van der Waals surface area contributed by atoms with Crippen molar-refractivity contribution in [1.29, 1.82) is 0 Å². The van der Waals surface area contributed by atoms with Crippen LogP contribution < -0.4 is 14.4 Å². The summed E-state index contributed by atoms with van der Waals surface area (Å²) < 4.78 is 25.1. The van der Waals surface area contributed by atoms with Gasteiger partial charge in [0, 0.05) is 49.9 Å². The first-order valence-corrected chi connectivity index (χ1v) is 12.7. The Morgan fingerprint density at radius 1 is 0.732 bits per heavy atom. The van der Waals surface area contributed by atoms with Crippen molar-refractivity contribution in [3.05, 3.63) is 116 Å². The second-order valence-electron chi connectivity index (χ2n) is 9.49. The van der Waals surface area contributed by atoms with Crippen LogP contribution in [0.3, 0.4) is 0 Å². The van der Waals surface area contributed by atoms with Crippen molar-refractivity contribution in [2.75, 3.05) is 11.9 Å². The third-order valence-corrected chi connectivity index (χ3v) is 6.82. The maximum Gasteiger partial charge on any atom is 0.216 e. The van der Waals surface area contributed by atoms with Gasteiger partial charge in [-0.1, -0.05) is 59.3 Å². The molecule has 0 aliphatic carbocycles. The van der Waals surface area contributed by atoms with Gasteiger partial charge in [-0.15, -0.1) is 23.9 Å². The molecule has 0 radical (unpaired) electrons. The zero-order valence-electron chi connectivity index (χ0n) is 21.6. The van der Waals surface area contributed by atoms with E-state index >= 15 is 0 Å². The van der Waals surface area contributed by atoms with Gasteiger partial charge in [0.25, 0.3) is 0 Å². The molecule has 1 aliphatic rings. The van der Waals surface area contributed by atoms with Gasteiger partial charge in [0.15, 0.2) is 0 Å². The van der Waals surface area contributed by atoms with E-state index in [9.17, 15) is 0 Å². The molecule has 0 saturated heterocycles. The Hall–Kier alpha value is -4.74. The van der Waals surface area contributed by atoms with Gasteiger partial charge < -0.3 is 28.1 Å². The molecule has 8 heteroatoms. The second kappa shape index (κ2) is 10.0. The average molecular weight is 718 g/mol. The van der Waals surface area contributed by atoms with Crippen molar-refractivity contribution in [2.45, 2.75) is 0 Å². The molecule has 0 unspecified atom stereocenters. The summed E-state index contributed by atoms with van der Waals surface area (Å²) in [4.78, 5) is 8.27. The standard InChI is InChI=1S/C33H20N3O4.Pt/c1-35-14-15-36(20-35)21-16-25-23-8-2-4-10-27(23)39-32(25)29(17-21)37-22-18-26-24-9-3-5-11-28(24)40-33(26)30(19-22)38-31-12-6-7-13-34-31;/h2-16,18,20H,1H3;/q-3;. The predicted molar refractivity (Wildman–Crippen MR) is 153 cm³/mol. The Morgan fingerprint density at radius 2 is 1.39 bits per heavy atom. The van der Waals surface area contributed by atoms with Gasteiger partial charge >= 0.3 is 0 Å². The summed E-state index contributed by atoms with van der Waals surface area (Å²) >= 11 is 0. The Balaban J connectivity index is 0.00000276. The van der Waals surface area contributed by atoms with E-state index in [1.165, 1.54) is 0 Å². The minimum atomic E-state index is 0. The van der Waals surface area contributed by atoms with Crippen LogP contribution in [0.5, 0.6) is 23.1 Å². The van der Waals surface area contributed by atoms with E-state index in [1.807, 2.05) is 103 Å². The van der Waals surface area contributed by atoms with Crippen LogP contribution in [0.4, 0.5) is 5.69 Å². The monoisotopic (exact) mass is 717 g/mol. The van der Waals surface area contributed by atoms with Crippen LogP contribution in [0.1, 0.15) is 0 Å². The summed E-state index contributed by atoms with van der Waals surface area (Å²) in [6.45, 7) is 1.97. The third kappa shape index (κ3) is 4.39. The summed E-state index contributed by atoms with van der Waals surface area (Å²) in [6.07, 6.45) is 5.61. The van der Waals surface area contributed by atoms with E-state index in [0.717, 1.165) is 38.4 Å². The fraction of sp³-hybridized carbons (Fsp3) is 0.0303. The molecular weight excluding hydrogens is 697 g/mol. The van der Waals surface area contributed by atoms with E-state index in [4.69, 9.17) is 18.3 Å². The number of ether oxygens (including phenoxy) is 2. The molecule has 0 N–H and O–H groups in total. The van der Waals surface area contributed by atoms with Crippen molar-refractivity contribution in [2.24, 2.45) is 0 Å². The molecular formula is C33H20N3O4Pt-3. The number of furan rings is 2. The molecule has 204 valence electrons. The number of anilines is 1. The molecule has 8 rings (SSSR count). The van der Waals surface area contributed by atoms with E-state index < -0.39 is 0 Å². The summed E-state index contributed by atoms with van der Waals surface area (Å²) in [5.41, 5.74) is 3.48. The molecule has 0 amide bonds. The number of para-hydroxylation sites is 2. The SMILES string of the molecule is CN1C=CN(c2[c-]c(Oc3[c-]c(Oc4ccccn4)c4oc5ccccc5c4c3)c3oc4ccccc4c3c2)[CH-]1.[Pt]. The molecule has 4 aromatic carbocycles. The van der Waals surface area contributed by atoms with E-state index in [-0.39, 0.29) is 21.1 Å². The second-order valence-corrected chi connectivity index (χ2v) is 9.49. The minimum absolute atomic E-state index is 0. The summed E-state index contributed by atoms with van der Waals surface area (Å²) in [5.74, 6) is 1.66. The molecule has 0 saturated carbocycles. The summed E-state index contributed by atoms with van der Waals surface area (Å²) in [7, 11) is 1.97. The van der Waals surface area contributed by atoms with Gasteiger partial charge in [-0.2, -0.15) is 6.67 Å². The molecule has 1 aliphatic heterocycles. The Bertz CT molecular complexity index is 2080. The molecule has 4 heterocycles. The Labute approximate surface area is 249 Å². The van der Waals surface area contributed by atoms with Crippen LogP contribution in [0.2, 0.25) is 0 Å². The zero-order chi connectivity index (χ0) is 26.6. The molecule has 0 atom stereocenters. The van der Waals surface area contributed by atoms with Crippen molar-refractivity contribution in [1.82, 2.24) is 9.88 Å². The first kappa shape index (κ1) is 25.2. The average Bonchev–Trinajstić information content (AvgIpc) is 3.69. The van der Waals surface area contributed by atoms with Gasteiger partial charge in [-0.05, 0) is 37.6 Å². The van der Waals surface area contributed by atoms with Gasteiger partial charge in [-0.25, -0.2) is 4.98 Å². The van der Waals surface area contributed by atoms with Crippen LogP contribution in [0.15, 0.2) is 106 Å². The number of fused-ring (bicyclic) bond motifs is 6. The van der Waals surface area contributed by atoms with Crippen LogP contribution >= 0.6 is 0 Å². The fourth-order valence-electron chi connectivity index (χ4n) is 4.99. The van der Waals surface area contributed by atoms with Gasteiger partial charge in [0.05, 0.1) is 22.7 Å². The van der Waals surface area contributed by atoms with Crippen molar-refractivity contribution >= 4 is 49.6 Å². The zero-order valence-corrected chi connectivity index (χ0v) is 23.9. The number of rotatable bonds is 5. The maximum atomic E-state index is 6.53. The van der Waals surface area contributed by atoms with Crippen LogP contribution in [-0.4, -0.2) is 16.9 Å². The molecule has 7 nitrogen and oxygen atoms in total. The molecule has 3 aromatic heterocycles. The number of hydrogen-bond acceptors (Lipinski definition) is 7. The van der Waals surface area contributed by atoms with Crippen LogP contribution in [0, 0.1) is 18.8 Å². The predicted octanol–water partition coefficient (Wildman–Crippen LogP) is 8.41. The van der Waals surface area contributed by atoms with E-state index in [1.54, 1.807) is 12.3 Å². The van der Waals surface area contributed by atoms with Crippen molar-refractivity contribution < 1.29 is 39.4 Å². The molecule has 41 heavy (non-hydrogen) atoms. The number of pyridine rings is 1. The normalized spacial score (nSPS) is 13.0. The van der Waals surface area contributed by atoms with E-state index in [0.29, 0.717) is 34.3 Å². The Morgan fingerprint density at radius 3 is 2.05 bits per heavy atom. The molecule has 0 spiro atoms. The number of hydrogen-bond donors (Lipinski definition) is 0. The Kier molecular flexibility index (Phi) is 6.17. The van der Waals surface area contributed by atoms with Crippen LogP contribution in [0.25, 0.3) is 43.9 Å². The van der Waals surface area contributed by atoms with Gasteiger partial charge in [0.1, 0.15) is 11.2 Å². The maximum absolute atomic E-state index is 6.53. The molecule has 7 aromatic rings. The quantitative estimate of drug-likeness (QED) is 0.166. The topological polar surface area (TPSA) is 64.1 Å². The van der Waals surface area contributed by atoms with Gasteiger partial charge in [-0.3, -0.25) is 0 Å². The van der Waals surface area contributed by atoms with Crippen molar-refractivity contribution in [3.63, 3.8) is 0 Å². The number of nitrogens with zero attached hydrogens (tertiary/aromatic N) is 3. The molecule has 0 bridgehead atoms. The first-order valence-electron chi connectivity index (χ1n) is 12.7. The van der Waals surface area contributed by atoms with Crippen LogP contribution in [-0.2, 0) is 21.1 Å². The third-order valence-electron chi connectivity index (χ3n) is 6.82. The number of aromatic nitrogens is 1. The van der Waals surface area contributed by atoms with Crippen molar-refractivity contribution in [3.8, 4) is 23.1 Å². The summed E-state index contributed by atoms with van der Waals surface area (Å²) in [6, 6.07) is 31.9. The van der Waals surface area contributed by atoms with Gasteiger partial charge in [0.2, 0.25) is 5.88 Å². The fourth-order valence-corrected chi connectivity index (χ4v) is 4.99.